The van der Waals surface area contributed by atoms with Crippen LogP contribution < -0.4 is 5.73 Å². The minimum Gasteiger partial charge on any atom is -0.321 e. The van der Waals surface area contributed by atoms with Crippen LogP contribution in [0.1, 0.15) is 49.8 Å². The van der Waals surface area contributed by atoms with Gasteiger partial charge in [-0.05, 0) is 43.2 Å². The standard InChI is InChI=1S/C15H23N/c1-11-6-7-12(2)13(10-11)15(16)9-5-8-14(15,3)4/h6-7,10H,5,8-9,16H2,1-4H3. The molecule has 0 saturated heterocycles. The second kappa shape index (κ2) is 3.59. The summed E-state index contributed by atoms with van der Waals surface area (Å²) < 4.78 is 0. The lowest BCUT2D eigenvalue weighted by Gasteiger charge is -2.40. The molecule has 0 aromatic heterocycles. The summed E-state index contributed by atoms with van der Waals surface area (Å²) in [6, 6.07) is 6.65. The number of rotatable bonds is 1. The Kier molecular flexibility index (Phi) is 2.62. The van der Waals surface area contributed by atoms with Crippen LogP contribution in [0.15, 0.2) is 18.2 Å². The summed E-state index contributed by atoms with van der Waals surface area (Å²) >= 11 is 0. The van der Waals surface area contributed by atoms with Crippen molar-refractivity contribution in [1.29, 1.82) is 0 Å². The minimum atomic E-state index is -0.136. The van der Waals surface area contributed by atoms with E-state index >= 15 is 0 Å². The van der Waals surface area contributed by atoms with Gasteiger partial charge in [0.05, 0.1) is 0 Å². The van der Waals surface area contributed by atoms with Crippen molar-refractivity contribution in [1.82, 2.24) is 0 Å². The van der Waals surface area contributed by atoms with E-state index in [1.165, 1.54) is 29.5 Å². The molecule has 0 amide bonds. The molecule has 2 N–H and O–H groups in total. The van der Waals surface area contributed by atoms with E-state index in [-0.39, 0.29) is 11.0 Å². The zero-order chi connectivity index (χ0) is 12.0. The highest BCUT2D eigenvalue weighted by molar-refractivity contribution is 5.38. The number of aryl methyl sites for hydroxylation is 2. The summed E-state index contributed by atoms with van der Waals surface area (Å²) in [5.74, 6) is 0. The Morgan fingerprint density at radius 1 is 1.12 bits per heavy atom. The van der Waals surface area contributed by atoms with Crippen molar-refractivity contribution in [3.8, 4) is 0 Å². The van der Waals surface area contributed by atoms with Crippen LogP contribution in [0.2, 0.25) is 0 Å². The highest BCUT2D eigenvalue weighted by atomic mass is 14.8. The first-order valence-electron chi connectivity index (χ1n) is 6.23. The predicted molar refractivity (Wildman–Crippen MR) is 69.4 cm³/mol. The van der Waals surface area contributed by atoms with E-state index < -0.39 is 0 Å². The molecule has 1 nitrogen and oxygen atoms in total. The van der Waals surface area contributed by atoms with Crippen LogP contribution in [-0.4, -0.2) is 0 Å². The van der Waals surface area contributed by atoms with Gasteiger partial charge in [0.15, 0.2) is 0 Å². The maximum atomic E-state index is 6.73. The van der Waals surface area contributed by atoms with Gasteiger partial charge < -0.3 is 5.73 Å². The molecule has 1 aromatic carbocycles. The third kappa shape index (κ3) is 1.58. The first-order chi connectivity index (χ1) is 7.37. The van der Waals surface area contributed by atoms with Crippen LogP contribution in [0.3, 0.4) is 0 Å². The van der Waals surface area contributed by atoms with Gasteiger partial charge in [0.2, 0.25) is 0 Å². The van der Waals surface area contributed by atoms with Gasteiger partial charge in [-0.15, -0.1) is 0 Å². The molecule has 1 saturated carbocycles. The fraction of sp³-hybridized carbons (Fsp3) is 0.600. The molecule has 0 spiro atoms. The van der Waals surface area contributed by atoms with Crippen LogP contribution in [-0.2, 0) is 5.54 Å². The second-order valence-electron chi connectivity index (χ2n) is 6.03. The van der Waals surface area contributed by atoms with Crippen LogP contribution in [0.4, 0.5) is 0 Å². The smallest absolute Gasteiger partial charge is 0.0464 e. The van der Waals surface area contributed by atoms with Crippen LogP contribution in [0, 0.1) is 19.3 Å². The molecule has 1 atom stereocenters. The average Bonchev–Trinajstić information content (AvgIpc) is 2.46. The summed E-state index contributed by atoms with van der Waals surface area (Å²) in [5, 5.41) is 0. The quantitative estimate of drug-likeness (QED) is 0.763. The van der Waals surface area contributed by atoms with Crippen molar-refractivity contribution < 1.29 is 0 Å². The summed E-state index contributed by atoms with van der Waals surface area (Å²) in [5.41, 5.74) is 10.8. The Morgan fingerprint density at radius 3 is 2.38 bits per heavy atom. The Labute approximate surface area is 99.0 Å². The van der Waals surface area contributed by atoms with Crippen LogP contribution in [0.25, 0.3) is 0 Å². The third-order valence-corrected chi connectivity index (χ3v) is 4.45. The van der Waals surface area contributed by atoms with E-state index in [9.17, 15) is 0 Å². The molecule has 0 bridgehead atoms. The fourth-order valence-electron chi connectivity index (χ4n) is 3.09. The summed E-state index contributed by atoms with van der Waals surface area (Å²) in [6.07, 6.45) is 3.60. The Bertz CT molecular complexity index is 406. The molecule has 1 aromatic rings. The van der Waals surface area contributed by atoms with Crippen molar-refractivity contribution in [2.45, 2.75) is 52.5 Å². The zero-order valence-corrected chi connectivity index (χ0v) is 10.9. The van der Waals surface area contributed by atoms with E-state index in [0.717, 1.165) is 6.42 Å². The molecule has 1 fully saturated rings. The maximum absolute atomic E-state index is 6.73. The molecule has 0 aliphatic heterocycles. The zero-order valence-electron chi connectivity index (χ0n) is 10.9. The van der Waals surface area contributed by atoms with Gasteiger partial charge in [0.1, 0.15) is 0 Å². The first-order valence-corrected chi connectivity index (χ1v) is 6.23. The Morgan fingerprint density at radius 2 is 1.81 bits per heavy atom. The lowest BCUT2D eigenvalue weighted by Crippen LogP contribution is -2.46. The molecule has 0 radical (unpaired) electrons. The molecule has 1 aliphatic carbocycles. The number of nitrogens with two attached hydrogens (primary N) is 1. The molecule has 1 unspecified atom stereocenters. The van der Waals surface area contributed by atoms with Crippen molar-refractivity contribution in [3.05, 3.63) is 34.9 Å². The van der Waals surface area contributed by atoms with Gasteiger partial charge in [-0.2, -0.15) is 0 Å². The Balaban J connectivity index is 2.55. The maximum Gasteiger partial charge on any atom is 0.0464 e. The Hall–Kier alpha value is -0.820. The second-order valence-corrected chi connectivity index (χ2v) is 6.03. The number of hydrogen-bond acceptors (Lipinski definition) is 1. The van der Waals surface area contributed by atoms with Crippen LogP contribution >= 0.6 is 0 Å². The largest absolute Gasteiger partial charge is 0.321 e. The SMILES string of the molecule is Cc1ccc(C)c(C2(N)CCCC2(C)C)c1. The molecule has 2 rings (SSSR count). The third-order valence-electron chi connectivity index (χ3n) is 4.45. The summed E-state index contributed by atoms with van der Waals surface area (Å²) in [4.78, 5) is 0. The monoisotopic (exact) mass is 217 g/mol. The van der Waals surface area contributed by atoms with Gasteiger partial charge >= 0.3 is 0 Å². The van der Waals surface area contributed by atoms with Gasteiger partial charge in [0, 0.05) is 5.54 Å². The van der Waals surface area contributed by atoms with Gasteiger partial charge in [-0.25, -0.2) is 0 Å². The van der Waals surface area contributed by atoms with Gasteiger partial charge in [0.25, 0.3) is 0 Å². The molecule has 1 aliphatic rings. The lowest BCUT2D eigenvalue weighted by atomic mass is 9.70. The summed E-state index contributed by atoms with van der Waals surface area (Å²) in [6.45, 7) is 8.94. The van der Waals surface area contributed by atoms with Crippen molar-refractivity contribution >= 4 is 0 Å². The minimum absolute atomic E-state index is 0.136. The molecule has 0 heterocycles. The lowest BCUT2D eigenvalue weighted by molar-refractivity contribution is 0.209. The molecule has 16 heavy (non-hydrogen) atoms. The molecule has 88 valence electrons. The summed E-state index contributed by atoms with van der Waals surface area (Å²) in [7, 11) is 0. The normalized spacial score (nSPS) is 28.3. The van der Waals surface area contributed by atoms with Crippen molar-refractivity contribution in [3.63, 3.8) is 0 Å². The van der Waals surface area contributed by atoms with Gasteiger partial charge in [-0.3, -0.25) is 0 Å². The highest BCUT2D eigenvalue weighted by Gasteiger charge is 2.47. The van der Waals surface area contributed by atoms with Crippen molar-refractivity contribution in [2.24, 2.45) is 11.1 Å². The highest BCUT2D eigenvalue weighted by Crippen LogP contribution is 2.51. The predicted octanol–water partition coefficient (Wildman–Crippen LogP) is 3.67. The first kappa shape index (κ1) is 11.7. The van der Waals surface area contributed by atoms with Gasteiger partial charge in [-0.1, -0.05) is 44.0 Å². The van der Waals surface area contributed by atoms with E-state index in [1.807, 2.05) is 0 Å². The molecular formula is C15H23N. The average molecular weight is 217 g/mol. The van der Waals surface area contributed by atoms with E-state index in [0.29, 0.717) is 0 Å². The van der Waals surface area contributed by atoms with E-state index in [4.69, 9.17) is 5.73 Å². The van der Waals surface area contributed by atoms with E-state index in [2.05, 4.69) is 45.9 Å². The molecular weight excluding hydrogens is 194 g/mol. The van der Waals surface area contributed by atoms with E-state index in [1.54, 1.807) is 0 Å². The molecule has 1 heteroatoms. The number of benzene rings is 1. The topological polar surface area (TPSA) is 26.0 Å². The van der Waals surface area contributed by atoms with Crippen molar-refractivity contribution in [2.75, 3.05) is 0 Å². The van der Waals surface area contributed by atoms with Crippen LogP contribution in [0.5, 0.6) is 0 Å². The fourth-order valence-corrected chi connectivity index (χ4v) is 3.09. The number of hydrogen-bond donors (Lipinski definition) is 1.